The van der Waals surface area contributed by atoms with Crippen molar-refractivity contribution in [2.45, 2.75) is 37.1 Å². The maximum Gasteiger partial charge on any atom is 0.338 e. The first-order chi connectivity index (χ1) is 14.9. The zero-order valence-corrected chi connectivity index (χ0v) is 18.6. The Balaban J connectivity index is 1.26. The SMILES string of the molecule is CCCCOC(=O)c1ccc(NC(=O)COC(=O)[C@@H]2[C@H]3C[C@H]4[C@H](OC(=O)[C@H]42)[C@H]3Br)cc1. The van der Waals surface area contributed by atoms with Gasteiger partial charge in [0, 0.05) is 11.6 Å². The molecule has 1 amide bonds. The van der Waals surface area contributed by atoms with E-state index in [1.807, 2.05) is 6.92 Å². The fourth-order valence-electron chi connectivity index (χ4n) is 4.81. The molecule has 1 aromatic rings. The summed E-state index contributed by atoms with van der Waals surface area (Å²) in [6.07, 6.45) is 2.32. The number of benzene rings is 1. The largest absolute Gasteiger partial charge is 0.462 e. The Kier molecular flexibility index (Phi) is 6.31. The molecule has 166 valence electrons. The lowest BCUT2D eigenvalue weighted by Crippen LogP contribution is -2.39. The van der Waals surface area contributed by atoms with Gasteiger partial charge in [0.2, 0.25) is 0 Å². The fourth-order valence-corrected chi connectivity index (χ4v) is 5.85. The van der Waals surface area contributed by atoms with E-state index < -0.39 is 36.3 Å². The molecule has 2 aliphatic carbocycles. The van der Waals surface area contributed by atoms with Gasteiger partial charge in [-0.3, -0.25) is 14.4 Å². The fraction of sp³-hybridized carbons (Fsp3) is 0.545. The van der Waals surface area contributed by atoms with E-state index in [1.165, 1.54) is 0 Å². The van der Waals surface area contributed by atoms with Gasteiger partial charge in [0.25, 0.3) is 5.91 Å². The highest BCUT2D eigenvalue weighted by atomic mass is 79.9. The molecule has 1 heterocycles. The van der Waals surface area contributed by atoms with Crippen molar-refractivity contribution in [1.82, 2.24) is 0 Å². The van der Waals surface area contributed by atoms with E-state index in [4.69, 9.17) is 14.2 Å². The number of alkyl halides is 1. The van der Waals surface area contributed by atoms with E-state index >= 15 is 0 Å². The molecule has 2 saturated carbocycles. The number of ether oxygens (including phenoxy) is 3. The monoisotopic (exact) mass is 493 g/mol. The van der Waals surface area contributed by atoms with Crippen molar-refractivity contribution in [2.75, 3.05) is 18.5 Å². The molecular weight excluding hydrogens is 470 g/mol. The van der Waals surface area contributed by atoms with Crippen LogP contribution < -0.4 is 5.32 Å². The zero-order valence-electron chi connectivity index (χ0n) is 17.0. The van der Waals surface area contributed by atoms with Gasteiger partial charge in [-0.1, -0.05) is 29.3 Å². The quantitative estimate of drug-likeness (QED) is 0.256. The van der Waals surface area contributed by atoms with Gasteiger partial charge in [0.1, 0.15) is 6.10 Å². The second-order valence-electron chi connectivity index (χ2n) is 8.18. The molecule has 0 spiro atoms. The van der Waals surface area contributed by atoms with Crippen molar-refractivity contribution in [1.29, 1.82) is 0 Å². The minimum atomic E-state index is -0.577. The van der Waals surface area contributed by atoms with Gasteiger partial charge in [-0.15, -0.1) is 0 Å². The summed E-state index contributed by atoms with van der Waals surface area (Å²) in [7, 11) is 0. The molecule has 4 rings (SSSR count). The third kappa shape index (κ3) is 4.20. The maximum atomic E-state index is 12.6. The summed E-state index contributed by atoms with van der Waals surface area (Å²) >= 11 is 3.55. The first-order valence-corrected chi connectivity index (χ1v) is 11.4. The second-order valence-corrected chi connectivity index (χ2v) is 9.24. The van der Waals surface area contributed by atoms with Gasteiger partial charge in [-0.05, 0) is 43.0 Å². The third-order valence-corrected chi connectivity index (χ3v) is 7.48. The number of carbonyl (C=O) groups is 4. The molecule has 31 heavy (non-hydrogen) atoms. The van der Waals surface area contributed by atoms with Crippen LogP contribution in [-0.4, -0.2) is 48.0 Å². The van der Waals surface area contributed by atoms with Crippen molar-refractivity contribution in [2.24, 2.45) is 23.7 Å². The van der Waals surface area contributed by atoms with Gasteiger partial charge < -0.3 is 19.5 Å². The van der Waals surface area contributed by atoms with Crippen molar-refractivity contribution < 1.29 is 33.4 Å². The second kappa shape index (κ2) is 8.98. The molecule has 0 radical (unpaired) electrons. The molecule has 8 nitrogen and oxygen atoms in total. The lowest BCUT2D eigenvalue weighted by atomic mass is 9.80. The number of fused-ring (bicyclic) bond motifs is 1. The highest BCUT2D eigenvalue weighted by Gasteiger charge is 2.68. The molecule has 3 aliphatic rings. The summed E-state index contributed by atoms with van der Waals surface area (Å²) in [6, 6.07) is 6.28. The predicted molar refractivity (Wildman–Crippen MR) is 112 cm³/mol. The predicted octanol–water partition coefficient (Wildman–Crippen LogP) is 2.70. The minimum absolute atomic E-state index is 0.0216. The molecule has 1 N–H and O–H groups in total. The smallest absolute Gasteiger partial charge is 0.338 e. The summed E-state index contributed by atoms with van der Waals surface area (Å²) in [6.45, 7) is 1.93. The van der Waals surface area contributed by atoms with E-state index in [-0.39, 0.29) is 28.7 Å². The van der Waals surface area contributed by atoms with Crippen molar-refractivity contribution in [3.05, 3.63) is 29.8 Å². The van der Waals surface area contributed by atoms with Crippen molar-refractivity contribution >= 4 is 45.4 Å². The molecule has 2 bridgehead atoms. The van der Waals surface area contributed by atoms with E-state index in [2.05, 4.69) is 21.2 Å². The Morgan fingerprint density at radius 1 is 1.16 bits per heavy atom. The van der Waals surface area contributed by atoms with Crippen LogP contribution >= 0.6 is 15.9 Å². The average molecular weight is 494 g/mol. The molecular formula is C22H24BrNO7. The molecule has 0 unspecified atom stereocenters. The number of carbonyl (C=O) groups excluding carboxylic acids is 4. The van der Waals surface area contributed by atoms with E-state index in [9.17, 15) is 19.2 Å². The number of halogens is 1. The summed E-state index contributed by atoms with van der Waals surface area (Å²) in [5.74, 6) is -2.83. The molecule has 1 saturated heterocycles. The van der Waals surface area contributed by atoms with Gasteiger partial charge in [-0.25, -0.2) is 4.79 Å². The maximum absolute atomic E-state index is 12.6. The topological polar surface area (TPSA) is 108 Å². The molecule has 6 atom stereocenters. The number of anilines is 1. The number of nitrogens with one attached hydrogen (secondary N) is 1. The van der Waals surface area contributed by atoms with Crippen LogP contribution in [0, 0.1) is 23.7 Å². The Morgan fingerprint density at radius 3 is 2.61 bits per heavy atom. The number of hydrogen-bond donors (Lipinski definition) is 1. The summed E-state index contributed by atoms with van der Waals surface area (Å²) in [5, 5.41) is 2.62. The lowest BCUT2D eigenvalue weighted by molar-refractivity contribution is -0.157. The van der Waals surface area contributed by atoms with Crippen molar-refractivity contribution in [3.63, 3.8) is 0 Å². The number of unbranched alkanes of at least 4 members (excludes halogenated alkanes) is 1. The van der Waals surface area contributed by atoms with Crippen LogP contribution in [0.1, 0.15) is 36.5 Å². The Labute approximate surface area is 188 Å². The first-order valence-electron chi connectivity index (χ1n) is 10.5. The highest BCUT2D eigenvalue weighted by molar-refractivity contribution is 9.09. The Morgan fingerprint density at radius 2 is 1.90 bits per heavy atom. The van der Waals surface area contributed by atoms with Crippen LogP contribution in [0.3, 0.4) is 0 Å². The highest BCUT2D eigenvalue weighted by Crippen LogP contribution is 2.60. The van der Waals surface area contributed by atoms with Crippen LogP contribution in [0.4, 0.5) is 5.69 Å². The lowest BCUT2D eigenvalue weighted by Gasteiger charge is -2.26. The van der Waals surface area contributed by atoms with Gasteiger partial charge >= 0.3 is 17.9 Å². The van der Waals surface area contributed by atoms with Crippen LogP contribution in [0.5, 0.6) is 0 Å². The normalized spacial score (nSPS) is 30.1. The Hall–Kier alpha value is -2.42. The van der Waals surface area contributed by atoms with E-state index in [0.717, 1.165) is 19.3 Å². The van der Waals surface area contributed by atoms with Gasteiger partial charge in [-0.2, -0.15) is 0 Å². The molecule has 3 fully saturated rings. The molecule has 1 aliphatic heterocycles. The van der Waals surface area contributed by atoms with Crippen LogP contribution in [0.15, 0.2) is 24.3 Å². The molecule has 9 heteroatoms. The van der Waals surface area contributed by atoms with Crippen molar-refractivity contribution in [3.8, 4) is 0 Å². The van der Waals surface area contributed by atoms with Crippen LogP contribution in [0.2, 0.25) is 0 Å². The Bertz CT molecular complexity index is 886. The summed E-state index contributed by atoms with van der Waals surface area (Å²) in [5.41, 5.74) is 0.858. The summed E-state index contributed by atoms with van der Waals surface area (Å²) in [4.78, 5) is 48.8. The number of esters is 3. The van der Waals surface area contributed by atoms with Crippen LogP contribution in [0.25, 0.3) is 0 Å². The number of amides is 1. The molecule has 0 aromatic heterocycles. The third-order valence-electron chi connectivity index (χ3n) is 6.28. The summed E-state index contributed by atoms with van der Waals surface area (Å²) < 4.78 is 15.7. The first kappa shape index (κ1) is 21.8. The van der Waals surface area contributed by atoms with E-state index in [0.29, 0.717) is 17.9 Å². The average Bonchev–Trinajstić information content (AvgIpc) is 3.37. The minimum Gasteiger partial charge on any atom is -0.462 e. The standard InChI is InChI=1S/C22H24BrNO7/c1-2-3-8-29-20(26)11-4-6-12(7-5-11)24-15(25)10-30-21(27)16-13-9-14-17(16)22(28)31-19(14)18(13)23/h4-7,13-14,16-19H,2-3,8-10H2,1H3,(H,24,25)/t13-,14-,16-,17-,18+,19+/m1/s1. The number of rotatable bonds is 8. The number of hydrogen-bond acceptors (Lipinski definition) is 7. The zero-order chi connectivity index (χ0) is 22.1. The van der Waals surface area contributed by atoms with Gasteiger partial charge in [0.05, 0.1) is 28.8 Å². The van der Waals surface area contributed by atoms with Crippen LogP contribution in [-0.2, 0) is 28.6 Å². The van der Waals surface area contributed by atoms with Gasteiger partial charge in [0.15, 0.2) is 6.61 Å². The van der Waals surface area contributed by atoms with E-state index in [1.54, 1.807) is 24.3 Å². The molecule has 1 aromatic carbocycles.